The second-order valence-electron chi connectivity index (χ2n) is 6.29. The maximum Gasteiger partial charge on any atom is 0.248 e. The third-order valence-electron chi connectivity index (χ3n) is 4.67. The van der Waals surface area contributed by atoms with Crippen LogP contribution in [-0.4, -0.2) is 17.9 Å². The highest BCUT2D eigenvalue weighted by Crippen LogP contribution is 2.38. The number of primary amides is 2. The van der Waals surface area contributed by atoms with E-state index in [0.717, 1.165) is 16.8 Å². The summed E-state index contributed by atoms with van der Waals surface area (Å²) in [5.41, 5.74) is 14.5. The minimum absolute atomic E-state index is 0.188. The molecule has 0 fully saturated rings. The van der Waals surface area contributed by atoms with Gasteiger partial charge in [-0.1, -0.05) is 30.3 Å². The number of benzene rings is 2. The summed E-state index contributed by atoms with van der Waals surface area (Å²) in [7, 11) is 0. The van der Waals surface area contributed by atoms with Crippen LogP contribution in [0, 0.1) is 0 Å². The first-order valence-corrected chi connectivity index (χ1v) is 8.01. The van der Waals surface area contributed by atoms with Gasteiger partial charge in [-0.3, -0.25) is 9.59 Å². The van der Waals surface area contributed by atoms with E-state index in [4.69, 9.17) is 11.5 Å². The van der Waals surface area contributed by atoms with Crippen LogP contribution in [0.1, 0.15) is 40.7 Å². The molecule has 5 nitrogen and oxygen atoms in total. The first kappa shape index (κ1) is 16.1. The molecular formula is C19H21N3O2. The van der Waals surface area contributed by atoms with E-state index in [1.54, 1.807) is 12.1 Å². The summed E-state index contributed by atoms with van der Waals surface area (Å²) in [6, 6.07) is 15.4. The van der Waals surface area contributed by atoms with Crippen molar-refractivity contribution in [3.8, 4) is 0 Å². The molecule has 2 aromatic rings. The van der Waals surface area contributed by atoms with Gasteiger partial charge in [0.1, 0.15) is 0 Å². The van der Waals surface area contributed by atoms with Crippen molar-refractivity contribution in [3.05, 3.63) is 65.2 Å². The Bertz CT molecular complexity index is 770. The smallest absolute Gasteiger partial charge is 0.248 e. The molecule has 1 aliphatic rings. The van der Waals surface area contributed by atoms with Gasteiger partial charge in [0.2, 0.25) is 11.8 Å². The predicted octanol–water partition coefficient (Wildman–Crippen LogP) is 2.15. The van der Waals surface area contributed by atoms with Crippen molar-refractivity contribution in [3.63, 3.8) is 0 Å². The molecule has 0 bridgehead atoms. The highest BCUT2D eigenvalue weighted by molar-refractivity contribution is 5.92. The molecular weight excluding hydrogens is 302 g/mol. The number of carbonyl (C=O) groups is 2. The first-order chi connectivity index (χ1) is 11.5. The Kier molecular flexibility index (Phi) is 4.25. The van der Waals surface area contributed by atoms with Gasteiger partial charge in [-0.2, -0.15) is 0 Å². The average Bonchev–Trinajstić information content (AvgIpc) is 2.57. The van der Waals surface area contributed by atoms with Gasteiger partial charge in [-0.05, 0) is 42.7 Å². The van der Waals surface area contributed by atoms with Crippen LogP contribution in [0.3, 0.4) is 0 Å². The third-order valence-corrected chi connectivity index (χ3v) is 4.67. The van der Waals surface area contributed by atoms with Crippen molar-refractivity contribution in [2.75, 3.05) is 4.90 Å². The fourth-order valence-electron chi connectivity index (χ4n) is 3.36. The molecule has 0 unspecified atom stereocenters. The zero-order valence-electron chi connectivity index (χ0n) is 13.6. The fourth-order valence-corrected chi connectivity index (χ4v) is 3.36. The van der Waals surface area contributed by atoms with Crippen molar-refractivity contribution in [1.82, 2.24) is 0 Å². The standard InChI is InChI=1S/C19H21N3O2/c1-12-10-16(19(21)24)15-4-2-3-5-17(15)22(12)11-13-6-8-14(9-7-13)18(20)23/h2-9,12,16H,10-11H2,1H3,(H2,20,23)(H2,21,24)/t12-,16+/m0/s1. The second kappa shape index (κ2) is 6.35. The fraction of sp³-hybridized carbons (Fsp3) is 0.263. The number of fused-ring (bicyclic) bond motifs is 1. The van der Waals surface area contributed by atoms with E-state index >= 15 is 0 Å². The summed E-state index contributed by atoms with van der Waals surface area (Å²) in [4.78, 5) is 25.2. The van der Waals surface area contributed by atoms with E-state index in [-0.39, 0.29) is 17.9 Å². The molecule has 0 saturated carbocycles. The number of hydrogen-bond acceptors (Lipinski definition) is 3. The third kappa shape index (κ3) is 2.97. The van der Waals surface area contributed by atoms with Crippen molar-refractivity contribution >= 4 is 17.5 Å². The Morgan fingerprint density at radius 1 is 1.08 bits per heavy atom. The van der Waals surface area contributed by atoms with Gasteiger partial charge in [-0.25, -0.2) is 0 Å². The van der Waals surface area contributed by atoms with Crippen LogP contribution in [-0.2, 0) is 11.3 Å². The van der Waals surface area contributed by atoms with E-state index in [9.17, 15) is 9.59 Å². The Labute approximate surface area is 141 Å². The van der Waals surface area contributed by atoms with Crippen molar-refractivity contribution in [2.45, 2.75) is 31.8 Å². The van der Waals surface area contributed by atoms with E-state index in [2.05, 4.69) is 11.8 Å². The molecule has 2 amide bonds. The summed E-state index contributed by atoms with van der Waals surface area (Å²) in [6.45, 7) is 2.80. The zero-order valence-corrected chi connectivity index (χ0v) is 13.6. The van der Waals surface area contributed by atoms with E-state index in [1.807, 2.05) is 36.4 Å². The Hall–Kier alpha value is -2.82. The highest BCUT2D eigenvalue weighted by atomic mass is 16.1. The summed E-state index contributed by atoms with van der Waals surface area (Å²) < 4.78 is 0. The minimum atomic E-state index is -0.428. The molecule has 0 aromatic heterocycles. The van der Waals surface area contributed by atoms with Crippen molar-refractivity contribution < 1.29 is 9.59 Å². The lowest BCUT2D eigenvalue weighted by Gasteiger charge is -2.40. The monoisotopic (exact) mass is 323 g/mol. The quantitative estimate of drug-likeness (QED) is 0.903. The van der Waals surface area contributed by atoms with Gasteiger partial charge in [0.25, 0.3) is 0 Å². The molecule has 1 heterocycles. The number of carbonyl (C=O) groups excluding carboxylic acids is 2. The molecule has 1 aliphatic heterocycles. The molecule has 0 saturated heterocycles. The lowest BCUT2D eigenvalue weighted by Crippen LogP contribution is -2.41. The summed E-state index contributed by atoms with van der Waals surface area (Å²) >= 11 is 0. The Morgan fingerprint density at radius 2 is 1.75 bits per heavy atom. The van der Waals surface area contributed by atoms with Crippen LogP contribution >= 0.6 is 0 Å². The van der Waals surface area contributed by atoms with E-state index in [0.29, 0.717) is 18.5 Å². The summed E-state index contributed by atoms with van der Waals surface area (Å²) in [6.07, 6.45) is 0.700. The average molecular weight is 323 g/mol. The molecule has 2 atom stereocenters. The molecule has 0 spiro atoms. The second-order valence-corrected chi connectivity index (χ2v) is 6.29. The number of nitrogens with two attached hydrogens (primary N) is 2. The number of rotatable bonds is 4. The zero-order chi connectivity index (χ0) is 17.3. The lowest BCUT2D eigenvalue weighted by molar-refractivity contribution is -0.119. The number of nitrogens with zero attached hydrogens (tertiary/aromatic N) is 1. The van der Waals surface area contributed by atoms with Crippen molar-refractivity contribution in [2.24, 2.45) is 11.5 Å². The minimum Gasteiger partial charge on any atom is -0.369 e. The molecule has 3 rings (SSSR count). The molecule has 124 valence electrons. The molecule has 4 N–H and O–H groups in total. The van der Waals surface area contributed by atoms with Crippen LogP contribution in [0.25, 0.3) is 0 Å². The molecule has 5 heteroatoms. The largest absolute Gasteiger partial charge is 0.369 e. The van der Waals surface area contributed by atoms with Gasteiger partial charge < -0.3 is 16.4 Å². The number of hydrogen-bond donors (Lipinski definition) is 2. The first-order valence-electron chi connectivity index (χ1n) is 8.01. The Balaban J connectivity index is 1.91. The summed E-state index contributed by atoms with van der Waals surface area (Å²) in [5.74, 6) is -0.952. The molecule has 2 aromatic carbocycles. The molecule has 0 aliphatic carbocycles. The maximum atomic E-state index is 11.8. The predicted molar refractivity (Wildman–Crippen MR) is 93.6 cm³/mol. The van der Waals surface area contributed by atoms with Gasteiger partial charge >= 0.3 is 0 Å². The topological polar surface area (TPSA) is 89.4 Å². The summed E-state index contributed by atoms with van der Waals surface area (Å²) in [5, 5.41) is 0. The van der Waals surface area contributed by atoms with E-state index in [1.165, 1.54) is 0 Å². The van der Waals surface area contributed by atoms with Gasteiger partial charge in [0, 0.05) is 23.8 Å². The van der Waals surface area contributed by atoms with E-state index < -0.39 is 5.91 Å². The normalized spacial score (nSPS) is 19.6. The molecule has 24 heavy (non-hydrogen) atoms. The van der Waals surface area contributed by atoms with Crippen LogP contribution in [0.15, 0.2) is 48.5 Å². The van der Waals surface area contributed by atoms with Gasteiger partial charge in [0.15, 0.2) is 0 Å². The van der Waals surface area contributed by atoms with Gasteiger partial charge in [-0.15, -0.1) is 0 Å². The number of para-hydroxylation sites is 1. The SMILES string of the molecule is C[C@H]1C[C@@H](C(N)=O)c2ccccc2N1Cc1ccc(C(N)=O)cc1. The van der Waals surface area contributed by atoms with Crippen LogP contribution in [0.5, 0.6) is 0 Å². The number of anilines is 1. The van der Waals surface area contributed by atoms with Crippen LogP contribution in [0.2, 0.25) is 0 Å². The maximum absolute atomic E-state index is 11.8. The molecule has 0 radical (unpaired) electrons. The lowest BCUT2D eigenvalue weighted by atomic mass is 9.85. The Morgan fingerprint density at radius 3 is 2.38 bits per heavy atom. The van der Waals surface area contributed by atoms with Crippen LogP contribution < -0.4 is 16.4 Å². The van der Waals surface area contributed by atoms with Crippen LogP contribution in [0.4, 0.5) is 5.69 Å². The van der Waals surface area contributed by atoms with Gasteiger partial charge in [0.05, 0.1) is 5.92 Å². The number of amides is 2. The van der Waals surface area contributed by atoms with Crippen molar-refractivity contribution in [1.29, 1.82) is 0 Å². The highest BCUT2D eigenvalue weighted by Gasteiger charge is 2.32.